The largest absolute Gasteiger partial charge is 0.466 e. The molecule has 2 amide bonds. The molecule has 1 aliphatic rings. The molecular formula is C31H47NO4. The van der Waals surface area contributed by atoms with Crippen molar-refractivity contribution in [3.05, 3.63) is 41.0 Å². The lowest BCUT2D eigenvalue weighted by Crippen LogP contribution is -2.31. The molecule has 0 N–H and O–H groups in total. The Morgan fingerprint density at radius 3 is 1.58 bits per heavy atom. The standard InChI is InChI=1S/C31H47NO4/c1-25-20-22-28(23-21-25)32-30(34)26(2)29(31(32)35)19-17-15-13-11-9-7-5-4-6-8-10-12-14-16-18-24-36-27(3)33/h20-23H,4-19,24H2,1-3H3. The third-order valence-corrected chi connectivity index (χ3v) is 7.11. The van der Waals surface area contributed by atoms with Crippen LogP contribution in [0.3, 0.4) is 0 Å². The minimum absolute atomic E-state index is 0.138. The summed E-state index contributed by atoms with van der Waals surface area (Å²) in [6, 6.07) is 7.56. The van der Waals surface area contributed by atoms with Gasteiger partial charge >= 0.3 is 5.97 Å². The first-order valence-electron chi connectivity index (χ1n) is 14.2. The van der Waals surface area contributed by atoms with Gasteiger partial charge in [-0.3, -0.25) is 14.4 Å². The van der Waals surface area contributed by atoms with Crippen molar-refractivity contribution in [2.75, 3.05) is 11.5 Å². The molecule has 0 saturated heterocycles. The van der Waals surface area contributed by atoms with Crippen molar-refractivity contribution in [2.24, 2.45) is 0 Å². The summed E-state index contributed by atoms with van der Waals surface area (Å²) in [6.45, 7) is 5.82. The minimum Gasteiger partial charge on any atom is -0.466 e. The lowest BCUT2D eigenvalue weighted by molar-refractivity contribution is -0.141. The third kappa shape index (κ3) is 10.7. The number of amides is 2. The van der Waals surface area contributed by atoms with E-state index in [1.54, 1.807) is 6.92 Å². The van der Waals surface area contributed by atoms with Gasteiger partial charge in [-0.15, -0.1) is 0 Å². The monoisotopic (exact) mass is 497 g/mol. The van der Waals surface area contributed by atoms with Gasteiger partial charge in [0.1, 0.15) is 0 Å². The highest BCUT2D eigenvalue weighted by molar-refractivity contribution is 6.32. The number of benzene rings is 1. The Morgan fingerprint density at radius 2 is 1.11 bits per heavy atom. The van der Waals surface area contributed by atoms with E-state index >= 15 is 0 Å². The molecule has 200 valence electrons. The van der Waals surface area contributed by atoms with E-state index in [0.717, 1.165) is 31.2 Å². The summed E-state index contributed by atoms with van der Waals surface area (Å²) in [5, 5.41) is 0. The fourth-order valence-corrected chi connectivity index (χ4v) is 4.82. The molecule has 0 atom stereocenters. The van der Waals surface area contributed by atoms with E-state index in [4.69, 9.17) is 4.74 Å². The van der Waals surface area contributed by atoms with Crippen LogP contribution in [-0.2, 0) is 19.1 Å². The van der Waals surface area contributed by atoms with Gasteiger partial charge in [-0.05, 0) is 45.2 Å². The lowest BCUT2D eigenvalue weighted by Gasteiger charge is -2.15. The van der Waals surface area contributed by atoms with Crippen LogP contribution in [-0.4, -0.2) is 24.4 Å². The second-order valence-corrected chi connectivity index (χ2v) is 10.3. The molecule has 5 nitrogen and oxygen atoms in total. The second-order valence-electron chi connectivity index (χ2n) is 10.3. The number of anilines is 1. The van der Waals surface area contributed by atoms with Crippen molar-refractivity contribution in [3.8, 4) is 0 Å². The van der Waals surface area contributed by atoms with Gasteiger partial charge in [0.05, 0.1) is 12.3 Å². The Balaban J connectivity index is 1.43. The third-order valence-electron chi connectivity index (χ3n) is 7.11. The van der Waals surface area contributed by atoms with E-state index in [2.05, 4.69) is 0 Å². The van der Waals surface area contributed by atoms with Crippen molar-refractivity contribution in [1.82, 2.24) is 0 Å². The smallest absolute Gasteiger partial charge is 0.302 e. The molecule has 1 aromatic rings. The van der Waals surface area contributed by atoms with Crippen LogP contribution in [0, 0.1) is 6.92 Å². The first-order chi connectivity index (χ1) is 17.4. The van der Waals surface area contributed by atoms with Crippen LogP contribution in [0.1, 0.15) is 122 Å². The average Bonchev–Trinajstić information content (AvgIpc) is 3.06. The first-order valence-corrected chi connectivity index (χ1v) is 14.2. The van der Waals surface area contributed by atoms with Crippen LogP contribution in [0.2, 0.25) is 0 Å². The van der Waals surface area contributed by atoms with E-state index in [9.17, 15) is 14.4 Å². The molecule has 0 spiro atoms. The number of unbranched alkanes of at least 4 members (excludes halogenated alkanes) is 14. The molecule has 1 heterocycles. The van der Waals surface area contributed by atoms with E-state index in [-0.39, 0.29) is 17.8 Å². The number of ether oxygens (including phenoxy) is 1. The fraction of sp³-hybridized carbons (Fsp3) is 0.645. The highest BCUT2D eigenvalue weighted by Crippen LogP contribution is 2.30. The zero-order valence-electron chi connectivity index (χ0n) is 22.9. The summed E-state index contributed by atoms with van der Waals surface area (Å²) in [4.78, 5) is 37.5. The fourth-order valence-electron chi connectivity index (χ4n) is 4.82. The molecule has 5 heteroatoms. The zero-order chi connectivity index (χ0) is 26.2. The van der Waals surface area contributed by atoms with Gasteiger partial charge < -0.3 is 4.74 Å². The quantitative estimate of drug-likeness (QED) is 0.110. The molecule has 1 aliphatic heterocycles. The van der Waals surface area contributed by atoms with Crippen LogP contribution in [0.4, 0.5) is 5.69 Å². The second kappa shape index (κ2) is 17.1. The molecule has 0 saturated carbocycles. The van der Waals surface area contributed by atoms with E-state index in [1.165, 1.54) is 82.5 Å². The molecule has 1 aromatic carbocycles. The number of hydrogen-bond acceptors (Lipinski definition) is 4. The number of nitrogens with zero attached hydrogens (tertiary/aromatic N) is 1. The van der Waals surface area contributed by atoms with Gasteiger partial charge in [0, 0.05) is 18.1 Å². The van der Waals surface area contributed by atoms with Crippen LogP contribution in [0.25, 0.3) is 0 Å². The predicted octanol–water partition coefficient (Wildman–Crippen LogP) is 7.99. The molecular weight excluding hydrogens is 450 g/mol. The Bertz CT molecular complexity index is 856. The Labute approximate surface area is 218 Å². The van der Waals surface area contributed by atoms with Crippen LogP contribution >= 0.6 is 0 Å². The highest BCUT2D eigenvalue weighted by Gasteiger charge is 2.36. The number of esters is 1. The molecule has 0 aliphatic carbocycles. The summed E-state index contributed by atoms with van der Waals surface area (Å²) < 4.78 is 4.95. The van der Waals surface area contributed by atoms with Crippen LogP contribution < -0.4 is 4.90 Å². The normalized spacial score (nSPS) is 13.7. The lowest BCUT2D eigenvalue weighted by atomic mass is 10.0. The van der Waals surface area contributed by atoms with Gasteiger partial charge in [-0.1, -0.05) is 101 Å². The highest BCUT2D eigenvalue weighted by atomic mass is 16.5. The number of aryl methyl sites for hydroxylation is 1. The summed E-state index contributed by atoms with van der Waals surface area (Å²) in [5.41, 5.74) is 3.08. The number of hydrogen-bond donors (Lipinski definition) is 0. The molecule has 0 aromatic heterocycles. The average molecular weight is 498 g/mol. The van der Waals surface area contributed by atoms with Gasteiger partial charge in [-0.2, -0.15) is 0 Å². The summed E-state index contributed by atoms with van der Waals surface area (Å²) in [6.07, 6.45) is 19.2. The first kappa shape index (κ1) is 29.8. The van der Waals surface area contributed by atoms with Gasteiger partial charge in [0.2, 0.25) is 0 Å². The summed E-state index contributed by atoms with van der Waals surface area (Å²) in [7, 11) is 0. The Kier molecular flexibility index (Phi) is 14.2. The molecule has 2 rings (SSSR count). The summed E-state index contributed by atoms with van der Waals surface area (Å²) >= 11 is 0. The Morgan fingerprint density at radius 1 is 0.667 bits per heavy atom. The SMILES string of the molecule is CC(=O)OCCCCCCCCCCCCCCCCCC1=C(C)C(=O)N(c2ccc(C)cc2)C1=O. The van der Waals surface area contributed by atoms with Gasteiger partial charge in [-0.25, -0.2) is 4.90 Å². The van der Waals surface area contributed by atoms with E-state index < -0.39 is 0 Å². The predicted molar refractivity (Wildman–Crippen MR) is 147 cm³/mol. The van der Waals surface area contributed by atoms with Crippen molar-refractivity contribution >= 4 is 23.5 Å². The number of rotatable bonds is 19. The molecule has 0 fully saturated rings. The number of carbonyl (C=O) groups excluding carboxylic acids is 3. The maximum absolute atomic E-state index is 12.9. The maximum Gasteiger partial charge on any atom is 0.302 e. The maximum atomic E-state index is 12.9. The van der Waals surface area contributed by atoms with E-state index in [1.807, 2.05) is 31.2 Å². The van der Waals surface area contributed by atoms with Crippen molar-refractivity contribution in [2.45, 2.75) is 124 Å². The number of imide groups is 1. The van der Waals surface area contributed by atoms with Crippen LogP contribution in [0.5, 0.6) is 0 Å². The zero-order valence-corrected chi connectivity index (χ0v) is 22.9. The van der Waals surface area contributed by atoms with Crippen molar-refractivity contribution in [1.29, 1.82) is 0 Å². The molecule has 36 heavy (non-hydrogen) atoms. The van der Waals surface area contributed by atoms with Gasteiger partial charge in [0.25, 0.3) is 11.8 Å². The molecule has 0 radical (unpaired) electrons. The Hall–Kier alpha value is -2.43. The van der Waals surface area contributed by atoms with Crippen molar-refractivity contribution < 1.29 is 19.1 Å². The topological polar surface area (TPSA) is 63.7 Å². The van der Waals surface area contributed by atoms with Crippen LogP contribution in [0.15, 0.2) is 35.4 Å². The summed E-state index contributed by atoms with van der Waals surface area (Å²) in [5.74, 6) is -0.486. The number of carbonyl (C=O) groups is 3. The molecule has 0 bridgehead atoms. The van der Waals surface area contributed by atoms with E-state index in [0.29, 0.717) is 29.9 Å². The minimum atomic E-state index is -0.176. The molecule has 0 unspecified atom stereocenters. The van der Waals surface area contributed by atoms with Crippen molar-refractivity contribution in [3.63, 3.8) is 0 Å². The van der Waals surface area contributed by atoms with Gasteiger partial charge in [0.15, 0.2) is 0 Å².